The minimum absolute atomic E-state index is 0.176. The molecule has 170 valence electrons. The summed E-state index contributed by atoms with van der Waals surface area (Å²) in [4.78, 5) is 29.4. The van der Waals surface area contributed by atoms with E-state index in [0.717, 1.165) is 0 Å². The summed E-state index contributed by atoms with van der Waals surface area (Å²) in [7, 11) is 0. The summed E-state index contributed by atoms with van der Waals surface area (Å²) in [5.74, 6) is -2.75. The third-order valence-corrected chi connectivity index (χ3v) is 3.09. The van der Waals surface area contributed by atoms with Crippen molar-refractivity contribution >= 4 is 17.9 Å². The number of aliphatic hydroxyl groups excluding tert-OH is 4. The lowest BCUT2D eigenvalue weighted by Gasteiger charge is -2.23. The van der Waals surface area contributed by atoms with E-state index in [1.54, 1.807) is 30.3 Å². The molecule has 0 bridgehead atoms. The Balaban J connectivity index is -0.000000331. The lowest BCUT2D eigenvalue weighted by molar-refractivity contribution is -0.133. The number of benzene rings is 1. The Morgan fingerprint density at radius 1 is 0.733 bits per heavy atom. The highest BCUT2D eigenvalue weighted by Gasteiger charge is 2.26. The molecule has 0 amide bonds. The van der Waals surface area contributed by atoms with Crippen molar-refractivity contribution in [2.45, 2.75) is 13.8 Å². The third-order valence-electron chi connectivity index (χ3n) is 3.09. The Labute approximate surface area is 174 Å². The molecule has 10 nitrogen and oxygen atoms in total. The van der Waals surface area contributed by atoms with Gasteiger partial charge in [0.1, 0.15) is 0 Å². The number of aromatic carboxylic acids is 1. The first-order valence-corrected chi connectivity index (χ1v) is 8.33. The van der Waals surface area contributed by atoms with Gasteiger partial charge < -0.3 is 35.7 Å². The maximum atomic E-state index is 10.2. The number of carboxylic acid groups (broad SMARTS) is 3. The van der Waals surface area contributed by atoms with Gasteiger partial charge in [-0.15, -0.1) is 0 Å². The summed E-state index contributed by atoms with van der Waals surface area (Å²) in [5.41, 5.74) is -0.428. The topological polar surface area (TPSA) is 193 Å². The van der Waals surface area contributed by atoms with Crippen LogP contribution in [-0.2, 0) is 9.59 Å². The second kappa shape index (κ2) is 18.0. The molecule has 0 atom stereocenters. The molecule has 10 heteroatoms. The summed E-state index contributed by atoms with van der Waals surface area (Å²) >= 11 is 0. The number of hydrogen-bond acceptors (Lipinski definition) is 7. The highest BCUT2D eigenvalue weighted by molar-refractivity contribution is 5.87. The second-order valence-corrected chi connectivity index (χ2v) is 5.97. The van der Waals surface area contributed by atoms with Gasteiger partial charge in [-0.05, 0) is 26.0 Å². The van der Waals surface area contributed by atoms with Gasteiger partial charge in [0.15, 0.2) is 0 Å². The van der Waals surface area contributed by atoms with E-state index in [2.05, 4.69) is 13.2 Å². The quantitative estimate of drug-likeness (QED) is 0.301. The highest BCUT2D eigenvalue weighted by Crippen LogP contribution is 2.11. The SMILES string of the molecule is C=C(C)C(=O)O.C=C(C)C(=O)O.O=C(O)c1ccccc1.OCC(CO)(CO)CO. The van der Waals surface area contributed by atoms with Crippen molar-refractivity contribution in [3.05, 3.63) is 60.2 Å². The van der Waals surface area contributed by atoms with Crippen LogP contribution in [0.15, 0.2) is 54.6 Å². The van der Waals surface area contributed by atoms with Crippen LogP contribution in [0.4, 0.5) is 0 Å². The second-order valence-electron chi connectivity index (χ2n) is 5.97. The molecule has 1 rings (SSSR count). The van der Waals surface area contributed by atoms with E-state index in [1.165, 1.54) is 13.8 Å². The molecule has 0 saturated carbocycles. The normalized spacial score (nSPS) is 9.27. The van der Waals surface area contributed by atoms with E-state index in [-0.39, 0.29) is 11.1 Å². The molecule has 0 aliphatic rings. The Hall–Kier alpha value is -3.05. The van der Waals surface area contributed by atoms with Crippen LogP contribution in [0.5, 0.6) is 0 Å². The van der Waals surface area contributed by atoms with Crippen LogP contribution in [0.25, 0.3) is 0 Å². The summed E-state index contributed by atoms with van der Waals surface area (Å²) in [6.45, 7) is 7.58. The van der Waals surface area contributed by atoms with Crippen molar-refractivity contribution in [1.29, 1.82) is 0 Å². The fraction of sp³-hybridized carbons (Fsp3) is 0.350. The minimum atomic E-state index is -1.11. The van der Waals surface area contributed by atoms with E-state index in [9.17, 15) is 14.4 Å². The average molecular weight is 430 g/mol. The van der Waals surface area contributed by atoms with E-state index < -0.39 is 49.8 Å². The lowest BCUT2D eigenvalue weighted by atomic mass is 9.93. The van der Waals surface area contributed by atoms with Crippen LogP contribution < -0.4 is 0 Å². The predicted molar refractivity (Wildman–Crippen MR) is 109 cm³/mol. The van der Waals surface area contributed by atoms with E-state index >= 15 is 0 Å². The number of carbonyl (C=O) groups is 3. The molecule has 1 aromatic rings. The van der Waals surface area contributed by atoms with Crippen LogP contribution in [0, 0.1) is 5.41 Å². The molecule has 30 heavy (non-hydrogen) atoms. The van der Waals surface area contributed by atoms with Crippen LogP contribution in [0.1, 0.15) is 24.2 Å². The molecule has 0 unspecified atom stereocenters. The first-order valence-electron chi connectivity index (χ1n) is 8.33. The van der Waals surface area contributed by atoms with Gasteiger partial charge in [0.2, 0.25) is 0 Å². The van der Waals surface area contributed by atoms with Gasteiger partial charge in [-0.25, -0.2) is 14.4 Å². The standard InChI is InChI=1S/C7H6O2.C5H12O4.2C4H6O2/c8-7(9)6-4-2-1-3-5-6;6-1-5(2-7,3-8)4-9;2*1-3(2)4(5)6/h1-5H,(H,8,9);6-9H,1-4H2;2*1H2,2H3,(H,5,6). The highest BCUT2D eigenvalue weighted by atomic mass is 16.4. The summed E-state index contributed by atoms with van der Waals surface area (Å²) in [6.07, 6.45) is 0. The molecule has 0 aliphatic heterocycles. The van der Waals surface area contributed by atoms with Gasteiger partial charge in [0.05, 0.1) is 37.4 Å². The largest absolute Gasteiger partial charge is 0.478 e. The van der Waals surface area contributed by atoms with Gasteiger partial charge in [-0.3, -0.25) is 0 Å². The number of carboxylic acids is 3. The van der Waals surface area contributed by atoms with Gasteiger partial charge in [0.25, 0.3) is 0 Å². The fourth-order valence-electron chi connectivity index (χ4n) is 0.881. The predicted octanol–water partition coefficient (Wildman–Crippen LogP) is 0.621. The molecular formula is C20H30O10. The van der Waals surface area contributed by atoms with E-state index in [0.29, 0.717) is 5.56 Å². The zero-order valence-corrected chi connectivity index (χ0v) is 17.0. The molecule has 0 fully saturated rings. The van der Waals surface area contributed by atoms with Crippen molar-refractivity contribution in [2.75, 3.05) is 26.4 Å². The Bertz CT molecular complexity index is 598. The number of rotatable bonds is 7. The third kappa shape index (κ3) is 17.1. The van der Waals surface area contributed by atoms with Gasteiger partial charge in [-0.2, -0.15) is 0 Å². The van der Waals surface area contributed by atoms with Crippen molar-refractivity contribution in [1.82, 2.24) is 0 Å². The molecule has 0 saturated heterocycles. The van der Waals surface area contributed by atoms with E-state index in [1.807, 2.05) is 0 Å². The van der Waals surface area contributed by atoms with Crippen molar-refractivity contribution in [3.63, 3.8) is 0 Å². The molecule has 0 aliphatic carbocycles. The lowest BCUT2D eigenvalue weighted by Crippen LogP contribution is -2.37. The van der Waals surface area contributed by atoms with Gasteiger partial charge >= 0.3 is 17.9 Å². The summed E-state index contributed by atoms with van der Waals surface area (Å²) in [6, 6.07) is 8.30. The molecule has 0 heterocycles. The van der Waals surface area contributed by atoms with Gasteiger partial charge in [0, 0.05) is 11.1 Å². The zero-order chi connectivity index (χ0) is 24.3. The van der Waals surface area contributed by atoms with Gasteiger partial charge in [-0.1, -0.05) is 31.4 Å². The van der Waals surface area contributed by atoms with Crippen molar-refractivity contribution in [3.8, 4) is 0 Å². The number of aliphatic hydroxyl groups is 4. The Kier molecular flexibility index (Phi) is 19.0. The fourth-order valence-corrected chi connectivity index (χ4v) is 0.881. The monoisotopic (exact) mass is 430 g/mol. The van der Waals surface area contributed by atoms with E-state index in [4.69, 9.17) is 35.7 Å². The Morgan fingerprint density at radius 2 is 1.00 bits per heavy atom. The van der Waals surface area contributed by atoms with Crippen LogP contribution in [0.3, 0.4) is 0 Å². The van der Waals surface area contributed by atoms with Crippen molar-refractivity contribution < 1.29 is 50.1 Å². The Morgan fingerprint density at radius 3 is 1.10 bits per heavy atom. The molecule has 0 aromatic heterocycles. The van der Waals surface area contributed by atoms with Crippen molar-refractivity contribution in [2.24, 2.45) is 5.41 Å². The number of hydrogen-bond donors (Lipinski definition) is 7. The summed E-state index contributed by atoms with van der Waals surface area (Å²) < 4.78 is 0. The molecule has 7 N–H and O–H groups in total. The number of aliphatic carboxylic acids is 2. The molecule has 0 radical (unpaired) electrons. The van der Waals surface area contributed by atoms with Crippen LogP contribution >= 0.6 is 0 Å². The minimum Gasteiger partial charge on any atom is -0.478 e. The first kappa shape index (κ1) is 31.6. The smallest absolute Gasteiger partial charge is 0.335 e. The molecular weight excluding hydrogens is 400 g/mol. The maximum Gasteiger partial charge on any atom is 0.335 e. The first-order chi connectivity index (χ1) is 13.8. The summed E-state index contributed by atoms with van der Waals surface area (Å²) in [5, 5.41) is 58.2. The maximum absolute atomic E-state index is 10.2. The average Bonchev–Trinajstić information content (AvgIpc) is 2.72. The van der Waals surface area contributed by atoms with Crippen LogP contribution in [-0.4, -0.2) is 80.1 Å². The van der Waals surface area contributed by atoms with Crippen LogP contribution in [0.2, 0.25) is 0 Å². The zero-order valence-electron chi connectivity index (χ0n) is 17.0. The molecule has 1 aromatic carbocycles. The molecule has 0 spiro atoms.